The number of halogens is 2. The van der Waals surface area contributed by atoms with Gasteiger partial charge in [0.15, 0.2) is 0 Å². The van der Waals surface area contributed by atoms with Crippen LogP contribution in [0.25, 0.3) is 0 Å². The second-order valence-corrected chi connectivity index (χ2v) is 6.05. The number of nitrogens with zero attached hydrogens (tertiary/aromatic N) is 1. The summed E-state index contributed by atoms with van der Waals surface area (Å²) in [5.41, 5.74) is 0.702. The van der Waals surface area contributed by atoms with Crippen LogP contribution in [-0.4, -0.2) is 43.3 Å². The van der Waals surface area contributed by atoms with E-state index in [1.165, 1.54) is 18.9 Å². The molecule has 0 amide bonds. The van der Waals surface area contributed by atoms with Crippen LogP contribution in [-0.2, 0) is 11.3 Å². The van der Waals surface area contributed by atoms with Crippen LogP contribution in [0, 0.1) is 5.82 Å². The van der Waals surface area contributed by atoms with Crippen molar-refractivity contribution in [3.05, 3.63) is 34.6 Å². The van der Waals surface area contributed by atoms with Gasteiger partial charge < -0.3 is 10.1 Å². The lowest BCUT2D eigenvalue weighted by atomic mass is 10.1. The molecule has 5 heteroatoms. The third-order valence-electron chi connectivity index (χ3n) is 3.96. The fourth-order valence-electron chi connectivity index (χ4n) is 2.54. The largest absolute Gasteiger partial charge is 0.378 e. The van der Waals surface area contributed by atoms with Crippen LogP contribution in [0.4, 0.5) is 4.39 Å². The maximum atomic E-state index is 13.9. The summed E-state index contributed by atoms with van der Waals surface area (Å²) < 4.78 is 19.5. The van der Waals surface area contributed by atoms with Gasteiger partial charge in [-0.2, -0.15) is 0 Å². The normalized spacial score (nSPS) is 24.0. The minimum absolute atomic E-state index is 0.224. The fraction of sp³-hybridized carbons (Fsp3) is 0.600. The third-order valence-corrected chi connectivity index (χ3v) is 4.19. The smallest absolute Gasteiger partial charge is 0.129 e. The van der Waals surface area contributed by atoms with Gasteiger partial charge in [-0.3, -0.25) is 4.90 Å². The maximum Gasteiger partial charge on any atom is 0.129 e. The van der Waals surface area contributed by atoms with Gasteiger partial charge in [0.05, 0.1) is 13.2 Å². The Hall–Kier alpha value is -0.680. The summed E-state index contributed by atoms with van der Waals surface area (Å²) in [4.78, 5) is 2.30. The molecule has 1 heterocycles. The van der Waals surface area contributed by atoms with Crippen molar-refractivity contribution in [3.8, 4) is 0 Å². The summed E-state index contributed by atoms with van der Waals surface area (Å²) in [5, 5.41) is 3.97. The van der Waals surface area contributed by atoms with E-state index in [1.54, 1.807) is 12.1 Å². The molecule has 3 nitrogen and oxygen atoms in total. The zero-order valence-electron chi connectivity index (χ0n) is 11.4. The minimum Gasteiger partial charge on any atom is -0.378 e. The number of hydrogen-bond donors (Lipinski definition) is 1. The molecular weight excluding hydrogens is 279 g/mol. The van der Waals surface area contributed by atoms with Crippen LogP contribution in [0.15, 0.2) is 18.2 Å². The van der Waals surface area contributed by atoms with E-state index in [4.69, 9.17) is 16.3 Å². The van der Waals surface area contributed by atoms with Gasteiger partial charge in [-0.15, -0.1) is 0 Å². The van der Waals surface area contributed by atoms with Crippen LogP contribution in [0.1, 0.15) is 18.4 Å². The molecule has 1 saturated carbocycles. The Morgan fingerprint density at radius 1 is 1.40 bits per heavy atom. The average molecular weight is 299 g/mol. The zero-order valence-corrected chi connectivity index (χ0v) is 12.2. The number of rotatable bonds is 5. The van der Waals surface area contributed by atoms with Gasteiger partial charge >= 0.3 is 0 Å². The molecule has 1 aliphatic carbocycles. The molecule has 2 aliphatic rings. The first-order valence-corrected chi connectivity index (χ1v) is 7.59. The molecule has 1 saturated heterocycles. The van der Waals surface area contributed by atoms with E-state index in [9.17, 15) is 4.39 Å². The van der Waals surface area contributed by atoms with Crippen LogP contribution in [0.3, 0.4) is 0 Å². The standard InChI is InChI=1S/C15H20ClFN2O/c16-12-2-1-11(15(17)7-12)9-19-5-6-20-10-14(19)8-18-13-3-4-13/h1-2,7,13-14,18H,3-6,8-10H2. The van der Waals surface area contributed by atoms with Crippen molar-refractivity contribution in [2.75, 3.05) is 26.3 Å². The molecule has 3 rings (SSSR count). The quantitative estimate of drug-likeness (QED) is 0.903. The first-order chi connectivity index (χ1) is 9.72. The molecule has 1 aromatic rings. The molecule has 0 aromatic heterocycles. The van der Waals surface area contributed by atoms with Gasteiger partial charge in [0, 0.05) is 42.3 Å². The molecule has 1 N–H and O–H groups in total. The Bertz CT molecular complexity index is 467. The van der Waals surface area contributed by atoms with Crippen molar-refractivity contribution >= 4 is 11.6 Å². The van der Waals surface area contributed by atoms with Gasteiger partial charge in [-0.25, -0.2) is 4.39 Å². The van der Waals surface area contributed by atoms with Gasteiger partial charge in [-0.1, -0.05) is 17.7 Å². The van der Waals surface area contributed by atoms with E-state index in [0.29, 0.717) is 29.2 Å². The Kier molecular flexibility index (Phi) is 4.56. The summed E-state index contributed by atoms with van der Waals surface area (Å²) in [6, 6.07) is 5.91. The number of morpholine rings is 1. The lowest BCUT2D eigenvalue weighted by Gasteiger charge is -2.35. The first kappa shape index (κ1) is 14.3. The minimum atomic E-state index is -0.224. The maximum absolute atomic E-state index is 13.9. The van der Waals surface area contributed by atoms with Gasteiger partial charge in [-0.05, 0) is 25.0 Å². The monoisotopic (exact) mass is 298 g/mol. The molecule has 1 atom stereocenters. The second kappa shape index (κ2) is 6.39. The van der Waals surface area contributed by atoms with Crippen LogP contribution < -0.4 is 5.32 Å². The van der Waals surface area contributed by atoms with Crippen molar-refractivity contribution in [2.24, 2.45) is 0 Å². The van der Waals surface area contributed by atoms with Crippen molar-refractivity contribution in [3.63, 3.8) is 0 Å². The molecule has 0 radical (unpaired) electrons. The molecule has 110 valence electrons. The molecule has 2 fully saturated rings. The summed E-state index contributed by atoms with van der Waals surface area (Å²) in [7, 11) is 0. The van der Waals surface area contributed by atoms with Crippen molar-refractivity contribution in [1.82, 2.24) is 10.2 Å². The highest BCUT2D eigenvalue weighted by Gasteiger charge is 2.27. The lowest BCUT2D eigenvalue weighted by Crippen LogP contribution is -2.50. The predicted molar refractivity (Wildman–Crippen MR) is 77.5 cm³/mol. The molecule has 0 spiro atoms. The van der Waals surface area contributed by atoms with Crippen molar-refractivity contribution in [1.29, 1.82) is 0 Å². The van der Waals surface area contributed by atoms with Gasteiger partial charge in [0.2, 0.25) is 0 Å². The molecular formula is C15H20ClFN2O. The zero-order chi connectivity index (χ0) is 13.9. The van der Waals surface area contributed by atoms with Crippen LogP contribution >= 0.6 is 11.6 Å². The van der Waals surface area contributed by atoms with E-state index < -0.39 is 0 Å². The van der Waals surface area contributed by atoms with E-state index in [-0.39, 0.29) is 5.82 Å². The second-order valence-electron chi connectivity index (χ2n) is 5.62. The Morgan fingerprint density at radius 3 is 3.00 bits per heavy atom. The molecule has 0 bridgehead atoms. The molecule has 20 heavy (non-hydrogen) atoms. The van der Waals surface area contributed by atoms with Gasteiger partial charge in [0.1, 0.15) is 5.82 Å². The first-order valence-electron chi connectivity index (χ1n) is 7.21. The molecule has 1 unspecified atom stereocenters. The van der Waals surface area contributed by atoms with E-state index in [0.717, 1.165) is 26.3 Å². The van der Waals surface area contributed by atoms with Crippen molar-refractivity contribution in [2.45, 2.75) is 31.5 Å². The molecule has 1 aliphatic heterocycles. The van der Waals surface area contributed by atoms with Gasteiger partial charge in [0.25, 0.3) is 0 Å². The number of hydrogen-bond acceptors (Lipinski definition) is 3. The Balaban J connectivity index is 1.62. The number of ether oxygens (including phenoxy) is 1. The topological polar surface area (TPSA) is 24.5 Å². The summed E-state index contributed by atoms with van der Waals surface area (Å²) >= 11 is 5.80. The highest BCUT2D eigenvalue weighted by atomic mass is 35.5. The van der Waals surface area contributed by atoms with E-state index in [2.05, 4.69) is 10.2 Å². The summed E-state index contributed by atoms with van der Waals surface area (Å²) in [5.74, 6) is -0.224. The fourth-order valence-corrected chi connectivity index (χ4v) is 2.70. The predicted octanol–water partition coefficient (Wildman–Crippen LogP) is 2.43. The lowest BCUT2D eigenvalue weighted by molar-refractivity contribution is -0.0114. The van der Waals surface area contributed by atoms with Crippen molar-refractivity contribution < 1.29 is 9.13 Å². The highest BCUT2D eigenvalue weighted by molar-refractivity contribution is 6.30. The Labute approximate surface area is 124 Å². The summed E-state index contributed by atoms with van der Waals surface area (Å²) in [6.07, 6.45) is 2.55. The van der Waals surface area contributed by atoms with Crippen LogP contribution in [0.5, 0.6) is 0 Å². The molecule has 1 aromatic carbocycles. The third kappa shape index (κ3) is 3.70. The average Bonchev–Trinajstić information content (AvgIpc) is 3.25. The van der Waals surface area contributed by atoms with E-state index in [1.807, 2.05) is 0 Å². The number of nitrogens with one attached hydrogen (secondary N) is 1. The van der Waals surface area contributed by atoms with Crippen LogP contribution in [0.2, 0.25) is 5.02 Å². The van der Waals surface area contributed by atoms with E-state index >= 15 is 0 Å². The Morgan fingerprint density at radius 2 is 2.25 bits per heavy atom. The highest BCUT2D eigenvalue weighted by Crippen LogP contribution is 2.21. The summed E-state index contributed by atoms with van der Waals surface area (Å²) in [6.45, 7) is 3.81. The number of benzene rings is 1. The SMILES string of the molecule is Fc1cc(Cl)ccc1CN1CCOCC1CNC1CC1.